The van der Waals surface area contributed by atoms with Crippen LogP contribution in [0.15, 0.2) is 48.5 Å². The highest BCUT2D eigenvalue weighted by Crippen LogP contribution is 2.41. The molecule has 3 heterocycles. The maximum absolute atomic E-state index is 13.2. The Morgan fingerprint density at radius 3 is 2.33 bits per heavy atom. The highest BCUT2D eigenvalue weighted by atomic mass is 32.1. The Bertz CT molecular complexity index is 1130. The number of cyclic esters (lactones) is 1. The molecule has 5 rings (SSSR count). The summed E-state index contributed by atoms with van der Waals surface area (Å²) in [6.45, 7) is 7.77. The number of nitrogens with one attached hydrogen (secondary N) is 1. The van der Waals surface area contributed by atoms with Crippen LogP contribution in [-0.4, -0.2) is 71.1 Å². The van der Waals surface area contributed by atoms with E-state index < -0.39 is 6.09 Å². The third kappa shape index (κ3) is 5.19. The number of hydrogen-bond donors (Lipinski definition) is 1. The summed E-state index contributed by atoms with van der Waals surface area (Å²) in [4.78, 5) is 31.4. The fourth-order valence-electron chi connectivity index (χ4n) is 5.81. The molecule has 3 fully saturated rings. The molecule has 1 unspecified atom stereocenters. The van der Waals surface area contributed by atoms with Crippen LogP contribution in [0.3, 0.4) is 0 Å². The lowest BCUT2D eigenvalue weighted by Gasteiger charge is -2.40. The van der Waals surface area contributed by atoms with Crippen LogP contribution in [0.25, 0.3) is 0 Å². The summed E-state index contributed by atoms with van der Waals surface area (Å²) in [5.74, 6) is 0.00101. The molecule has 2 aromatic carbocycles. The van der Waals surface area contributed by atoms with Crippen molar-refractivity contribution in [2.45, 2.75) is 39.2 Å². The molecule has 7 nitrogen and oxygen atoms in total. The van der Waals surface area contributed by atoms with Crippen molar-refractivity contribution in [2.24, 2.45) is 5.41 Å². The molecule has 1 atom stereocenters. The van der Waals surface area contributed by atoms with Gasteiger partial charge >= 0.3 is 6.09 Å². The molecule has 1 spiro atoms. The Hall–Kier alpha value is -3.13. The smallest absolute Gasteiger partial charge is 0.410 e. The number of nitrogens with zero attached hydrogens (tertiary/aromatic N) is 3. The molecule has 3 aliphatic rings. The minimum atomic E-state index is -0.413. The first kappa shape index (κ1) is 24.6. The maximum atomic E-state index is 13.2. The molecule has 0 radical (unpaired) electrons. The normalized spacial score (nSPS) is 21.1. The van der Waals surface area contributed by atoms with Crippen molar-refractivity contribution in [1.29, 1.82) is 0 Å². The number of aryl methyl sites for hydroxylation is 2. The Morgan fingerprint density at radius 2 is 1.67 bits per heavy atom. The van der Waals surface area contributed by atoms with E-state index in [1.54, 1.807) is 4.90 Å². The van der Waals surface area contributed by atoms with Crippen LogP contribution in [-0.2, 0) is 9.53 Å². The highest BCUT2D eigenvalue weighted by molar-refractivity contribution is 7.80. The average molecular weight is 507 g/mol. The molecule has 190 valence electrons. The number of likely N-dealkylation sites (tertiary alicyclic amines) is 2. The van der Waals surface area contributed by atoms with Gasteiger partial charge in [0, 0.05) is 31.9 Å². The van der Waals surface area contributed by atoms with E-state index >= 15 is 0 Å². The summed E-state index contributed by atoms with van der Waals surface area (Å²) in [5, 5.41) is 4.17. The van der Waals surface area contributed by atoms with Crippen molar-refractivity contribution >= 4 is 35.0 Å². The molecule has 2 aromatic rings. The van der Waals surface area contributed by atoms with Gasteiger partial charge in [-0.1, -0.05) is 36.4 Å². The summed E-state index contributed by atoms with van der Waals surface area (Å²) >= 11 is 5.71. The van der Waals surface area contributed by atoms with E-state index in [0.717, 1.165) is 61.8 Å². The number of ether oxygens (including phenoxy) is 1. The zero-order valence-corrected chi connectivity index (χ0v) is 21.9. The van der Waals surface area contributed by atoms with Gasteiger partial charge in [0.1, 0.15) is 13.2 Å². The largest absolute Gasteiger partial charge is 0.447 e. The number of piperidine rings is 1. The number of anilines is 1. The lowest BCUT2D eigenvalue weighted by molar-refractivity contribution is -0.131. The summed E-state index contributed by atoms with van der Waals surface area (Å²) < 4.78 is 5.29. The van der Waals surface area contributed by atoms with E-state index in [-0.39, 0.29) is 30.5 Å². The lowest BCUT2D eigenvalue weighted by atomic mass is 9.78. The van der Waals surface area contributed by atoms with Gasteiger partial charge in [0.25, 0.3) is 0 Å². The minimum Gasteiger partial charge on any atom is -0.447 e. The molecule has 36 heavy (non-hydrogen) atoms. The van der Waals surface area contributed by atoms with Crippen LogP contribution in [0.2, 0.25) is 0 Å². The van der Waals surface area contributed by atoms with Crippen LogP contribution in [0.5, 0.6) is 0 Å². The molecular formula is C28H34N4O3S. The second-order valence-electron chi connectivity index (χ2n) is 10.5. The molecule has 0 saturated carbocycles. The predicted molar refractivity (Wildman–Crippen MR) is 144 cm³/mol. The van der Waals surface area contributed by atoms with E-state index in [4.69, 9.17) is 17.0 Å². The second kappa shape index (κ2) is 10.1. The Balaban J connectivity index is 1.15. The van der Waals surface area contributed by atoms with Crippen molar-refractivity contribution in [3.8, 4) is 0 Å². The van der Waals surface area contributed by atoms with Gasteiger partial charge in [0.05, 0.1) is 6.04 Å². The first-order chi connectivity index (χ1) is 17.3. The van der Waals surface area contributed by atoms with E-state index in [1.807, 2.05) is 35.2 Å². The van der Waals surface area contributed by atoms with Crippen molar-refractivity contribution in [3.63, 3.8) is 0 Å². The fourth-order valence-corrected chi connectivity index (χ4v) is 6.11. The third-order valence-corrected chi connectivity index (χ3v) is 8.20. The van der Waals surface area contributed by atoms with Crippen molar-refractivity contribution < 1.29 is 14.3 Å². The van der Waals surface area contributed by atoms with E-state index in [0.29, 0.717) is 0 Å². The first-order valence-corrected chi connectivity index (χ1v) is 13.1. The van der Waals surface area contributed by atoms with Crippen molar-refractivity contribution in [1.82, 2.24) is 14.7 Å². The molecule has 0 aromatic heterocycles. The van der Waals surface area contributed by atoms with Crippen LogP contribution >= 0.6 is 12.2 Å². The van der Waals surface area contributed by atoms with Crippen LogP contribution in [0, 0.1) is 19.3 Å². The molecule has 0 aliphatic carbocycles. The quantitative estimate of drug-likeness (QED) is 0.616. The van der Waals surface area contributed by atoms with Gasteiger partial charge < -0.3 is 19.9 Å². The van der Waals surface area contributed by atoms with Crippen LogP contribution in [0.4, 0.5) is 10.5 Å². The predicted octanol–water partition coefficient (Wildman–Crippen LogP) is 4.51. The standard InChI is InChI=1S/C28H34N4O3S/c1-20-14-21(2)16-23(15-20)29-26(36)30-11-8-28(9-12-30)10-13-31(19-28)25(33)17-32-24(18-35-27(32)34)22-6-4-3-5-7-22/h3-7,14-16,24H,8-13,17-19H2,1-2H3,(H,29,36). The topological polar surface area (TPSA) is 65.1 Å². The monoisotopic (exact) mass is 506 g/mol. The van der Waals surface area contributed by atoms with E-state index in [9.17, 15) is 9.59 Å². The molecule has 1 N–H and O–H groups in total. The van der Waals surface area contributed by atoms with Crippen LogP contribution < -0.4 is 5.32 Å². The Morgan fingerprint density at radius 1 is 1.03 bits per heavy atom. The zero-order valence-electron chi connectivity index (χ0n) is 21.0. The molecule has 2 amide bonds. The fraction of sp³-hybridized carbons (Fsp3) is 0.464. The number of hydrogen-bond acceptors (Lipinski definition) is 4. The maximum Gasteiger partial charge on any atom is 0.410 e. The number of benzene rings is 2. The van der Waals surface area contributed by atoms with Gasteiger partial charge in [0.15, 0.2) is 5.11 Å². The molecule has 3 saturated heterocycles. The van der Waals surface area contributed by atoms with Gasteiger partial charge in [-0.25, -0.2) is 4.79 Å². The Labute approximate surface area is 218 Å². The lowest BCUT2D eigenvalue weighted by Crippen LogP contribution is -2.47. The number of carbonyl (C=O) groups excluding carboxylic acids is 2. The summed E-state index contributed by atoms with van der Waals surface area (Å²) in [6.07, 6.45) is 2.59. The highest BCUT2D eigenvalue weighted by Gasteiger charge is 2.44. The summed E-state index contributed by atoms with van der Waals surface area (Å²) in [6, 6.07) is 15.9. The molecule has 0 bridgehead atoms. The molecule has 3 aliphatic heterocycles. The minimum absolute atomic E-state index is 0.00101. The zero-order chi connectivity index (χ0) is 25.3. The van der Waals surface area contributed by atoms with Gasteiger partial charge in [-0.3, -0.25) is 9.69 Å². The van der Waals surface area contributed by atoms with Gasteiger partial charge in [-0.15, -0.1) is 0 Å². The van der Waals surface area contributed by atoms with Gasteiger partial charge in [-0.05, 0) is 79.6 Å². The van der Waals surface area contributed by atoms with Crippen molar-refractivity contribution in [3.05, 3.63) is 65.2 Å². The Kier molecular flexibility index (Phi) is 6.88. The summed E-state index contributed by atoms with van der Waals surface area (Å²) in [5.41, 5.74) is 4.58. The number of carbonyl (C=O) groups is 2. The van der Waals surface area contributed by atoms with E-state index in [1.165, 1.54) is 11.1 Å². The SMILES string of the molecule is Cc1cc(C)cc(NC(=S)N2CCC3(CCN(C(=O)CN4C(=O)OCC4c4ccccc4)C3)CC2)c1. The average Bonchev–Trinajstić information content (AvgIpc) is 3.43. The number of rotatable bonds is 4. The first-order valence-electron chi connectivity index (χ1n) is 12.7. The molecule has 8 heteroatoms. The second-order valence-corrected chi connectivity index (χ2v) is 10.9. The number of amides is 2. The summed E-state index contributed by atoms with van der Waals surface area (Å²) in [7, 11) is 0. The van der Waals surface area contributed by atoms with Gasteiger partial charge in [-0.2, -0.15) is 0 Å². The third-order valence-electron chi connectivity index (χ3n) is 7.84. The van der Waals surface area contributed by atoms with E-state index in [2.05, 4.69) is 42.3 Å². The van der Waals surface area contributed by atoms with Gasteiger partial charge in [0.2, 0.25) is 5.91 Å². The molecular weight excluding hydrogens is 472 g/mol. The van der Waals surface area contributed by atoms with Crippen LogP contribution in [0.1, 0.15) is 42.0 Å². The van der Waals surface area contributed by atoms with Crippen molar-refractivity contribution in [2.75, 3.05) is 44.6 Å². The number of thiocarbonyl (C=S) groups is 1.